The minimum Gasteiger partial charge on any atom is -0.480 e. The Balaban J connectivity index is 1.04. The van der Waals surface area contributed by atoms with Crippen LogP contribution in [0.5, 0.6) is 0 Å². The molecule has 2 fully saturated rings. The fourth-order valence-electron chi connectivity index (χ4n) is 10.3. The number of alkyl carbamates (subject to hydrolysis) is 4. The third-order valence-corrected chi connectivity index (χ3v) is 14.3. The van der Waals surface area contributed by atoms with Crippen LogP contribution in [0.4, 0.5) is 28.8 Å². The summed E-state index contributed by atoms with van der Waals surface area (Å²) in [6, 6.07) is -2.62. The van der Waals surface area contributed by atoms with E-state index in [1.54, 1.807) is 95.5 Å². The van der Waals surface area contributed by atoms with Crippen molar-refractivity contribution in [1.82, 2.24) is 67.2 Å². The molecule has 4 aliphatic rings. The van der Waals surface area contributed by atoms with Gasteiger partial charge in [0, 0.05) is 63.3 Å². The maximum Gasteiger partial charge on any atom is 0.508 e. The van der Waals surface area contributed by atoms with E-state index >= 15 is 0 Å². The quantitative estimate of drug-likeness (QED) is 0.0277. The fraction of sp³-hybridized carbons (Fsp3) is 0.656. The van der Waals surface area contributed by atoms with Crippen LogP contribution in [-0.2, 0) is 121 Å². The number of guanidine groups is 2. The van der Waals surface area contributed by atoms with E-state index in [2.05, 4.69) is 67.8 Å². The predicted molar refractivity (Wildman–Crippen MR) is 356 cm³/mol. The van der Waals surface area contributed by atoms with Crippen molar-refractivity contribution in [3.8, 4) is 0 Å². The van der Waals surface area contributed by atoms with Gasteiger partial charge < -0.3 is 91.9 Å². The molecule has 1 unspecified atom stereocenters. The molecule has 6 rings (SSSR count). The normalized spacial score (nSPS) is 20.6. The first-order valence-electron chi connectivity index (χ1n) is 33.1. The zero-order valence-corrected chi connectivity index (χ0v) is 61.3. The summed E-state index contributed by atoms with van der Waals surface area (Å²) in [4.78, 5) is 165. The molecular weight excluding hydrogens is 1390 g/mol. The van der Waals surface area contributed by atoms with Gasteiger partial charge in [-0.1, -0.05) is 10.4 Å². The Labute approximate surface area is 603 Å². The Hall–Kier alpha value is -10.6. The molecule has 7 N–H and O–H groups in total. The van der Waals surface area contributed by atoms with Gasteiger partial charge in [0.15, 0.2) is 12.2 Å². The smallest absolute Gasteiger partial charge is 0.480 e. The van der Waals surface area contributed by atoms with E-state index < -0.39 is 205 Å². The second kappa shape index (κ2) is 37.2. The van der Waals surface area contributed by atoms with E-state index in [0.29, 0.717) is 11.4 Å². The Kier molecular flexibility index (Phi) is 29.6. The molecule has 0 radical (unpaired) electrons. The molecule has 0 saturated carbocycles. The van der Waals surface area contributed by atoms with Crippen molar-refractivity contribution in [2.45, 2.75) is 207 Å². The monoisotopic (exact) mass is 1490 g/mol. The van der Waals surface area contributed by atoms with Gasteiger partial charge in [0.1, 0.15) is 84.8 Å². The molecule has 2 aromatic rings. The van der Waals surface area contributed by atoms with Crippen LogP contribution in [0.1, 0.15) is 121 Å². The number of nitrogens with one attached hydrogen (secondary N) is 7. The van der Waals surface area contributed by atoms with Gasteiger partial charge in [0.2, 0.25) is 35.3 Å². The minimum atomic E-state index is -1.44. The Morgan fingerprint density at radius 2 is 0.857 bits per heavy atom. The number of ketones is 2. The number of rotatable bonds is 28. The summed E-state index contributed by atoms with van der Waals surface area (Å²) in [6.07, 6.45) is -9.65. The van der Waals surface area contributed by atoms with Crippen LogP contribution >= 0.6 is 0 Å². The van der Waals surface area contributed by atoms with Crippen LogP contribution in [0.3, 0.4) is 0 Å². The van der Waals surface area contributed by atoms with Crippen molar-refractivity contribution in [2.75, 3.05) is 53.7 Å². The number of aliphatic imine (C=N–C) groups is 2. The van der Waals surface area contributed by atoms with E-state index in [4.69, 9.17) is 66.3 Å². The topological polar surface area (TPSA) is 504 Å². The molecule has 4 aliphatic heterocycles. The summed E-state index contributed by atoms with van der Waals surface area (Å²) < 4.78 is 79.9. The summed E-state index contributed by atoms with van der Waals surface area (Å²) in [5.41, 5.74) is -2.98. The van der Waals surface area contributed by atoms with Gasteiger partial charge in [-0.15, -0.1) is 10.2 Å². The second-order valence-corrected chi connectivity index (χ2v) is 28.0. The Morgan fingerprint density at radius 1 is 0.524 bits per heavy atom. The predicted octanol–water partition coefficient (Wildman–Crippen LogP) is 1.88. The molecule has 41 nitrogen and oxygen atoms in total. The molecule has 6 heterocycles. The summed E-state index contributed by atoms with van der Waals surface area (Å²) in [5.74, 6) is -8.35. The molecule has 2 aromatic heterocycles. The zero-order valence-electron chi connectivity index (χ0n) is 61.3. The van der Waals surface area contributed by atoms with Gasteiger partial charge in [0.25, 0.3) is 0 Å². The number of esters is 2. The molecule has 0 aromatic carbocycles. The van der Waals surface area contributed by atoms with Gasteiger partial charge >= 0.3 is 48.6 Å². The average molecular weight is 1490 g/mol. The average Bonchev–Trinajstić information content (AvgIpc) is 1.33. The lowest BCUT2D eigenvalue weighted by atomic mass is 9.82. The molecule has 105 heavy (non-hydrogen) atoms. The molecule has 6 amide bonds. The van der Waals surface area contributed by atoms with Gasteiger partial charge in [-0.25, -0.2) is 48.3 Å². The van der Waals surface area contributed by atoms with Crippen LogP contribution in [-0.4, -0.2) is 239 Å². The highest BCUT2D eigenvalue weighted by atomic mass is 16.8. The Bertz CT molecular complexity index is 3300. The summed E-state index contributed by atoms with van der Waals surface area (Å²) >= 11 is 0. The molecule has 0 spiro atoms. The standard InChI is InChI=1S/C64H93N15O26/c1-33(80)21-37-39(68-53(70-55(86)102-61(3,4)5)71-56(87)103-62(6,7)8)23-41(51(84)92-15)98-47(37)49(43-29-96-59(90)100-43)94-31-45(82)66-17-19-78-27-35(74-76-78)25-65-26-36-28-79(77-75-36)20-18-67-46(83)32-95-50(44-30-97-60(91)101-44)48-38(22-34(2)81)40(24-42(99-48)52(85)93-16)69-54(72-57(88)104-63(9,10)11)73-58(89)105-64(12,13)14/h23-24,27-28,37-40,43-44,47-50,65H,17-22,25-26,29-32H2,1-16H3,(H,66,82)(H,67,83)(H2,68,70,71,86,87)(H2,69,72,73,88,89)/t37-,38-,39+,40?,43-,44-,47-,48-,49-,50-/m1/s1. The Morgan fingerprint density at radius 3 is 1.14 bits per heavy atom. The fourth-order valence-corrected chi connectivity index (χ4v) is 10.3. The maximum atomic E-state index is 13.5. The summed E-state index contributed by atoms with van der Waals surface area (Å²) in [7, 11) is 2.15. The lowest BCUT2D eigenvalue weighted by Gasteiger charge is -2.40. The van der Waals surface area contributed by atoms with Crippen LogP contribution in [0, 0.1) is 11.8 Å². The molecule has 0 aliphatic carbocycles. The molecular formula is C64H93N15O26. The SMILES string of the molecule is COC(=O)C1=C[C@H](N=C(NC(=O)OC(C)(C)C)NC(=O)OC(C)(C)C)[C@@H](CC(C)=O)[C@H]([C@H](OCC(=O)NCCn2cc(CNCc3cn(CCNC(=O)CO[C@@H]([C@@H]4OC(C(=O)OC)=CC(N=C(NC(=O)OC(C)(C)C)NC(=O)OC(C)(C)C)[C@H]4CC(C)=O)[C@H]4COC(=O)O4)nn3)nn2)[C@H]2COC(=O)O2)O1. The van der Waals surface area contributed by atoms with Crippen LogP contribution < -0.4 is 37.2 Å². The molecule has 41 heteroatoms. The van der Waals surface area contributed by atoms with E-state index in [1.807, 2.05) is 0 Å². The molecule has 2 saturated heterocycles. The van der Waals surface area contributed by atoms with Gasteiger partial charge in [-0.2, -0.15) is 0 Å². The van der Waals surface area contributed by atoms with Crippen molar-refractivity contribution in [3.63, 3.8) is 0 Å². The first kappa shape index (κ1) is 83.4. The van der Waals surface area contributed by atoms with E-state index in [0.717, 1.165) is 14.2 Å². The van der Waals surface area contributed by atoms with Crippen molar-refractivity contribution in [2.24, 2.45) is 21.8 Å². The highest BCUT2D eigenvalue weighted by Crippen LogP contribution is 2.37. The lowest BCUT2D eigenvalue weighted by Crippen LogP contribution is -2.53. The number of hydrogen-bond donors (Lipinski definition) is 7. The molecule has 10 atom stereocenters. The largest absolute Gasteiger partial charge is 0.508 e. The number of cyclic esters (lactones) is 4. The summed E-state index contributed by atoms with van der Waals surface area (Å²) in [5, 5.41) is 34.7. The number of amides is 6. The van der Waals surface area contributed by atoms with Crippen LogP contribution in [0.25, 0.3) is 0 Å². The van der Waals surface area contributed by atoms with Crippen molar-refractivity contribution < 1.29 is 124 Å². The number of ether oxygens (including phenoxy) is 14. The van der Waals surface area contributed by atoms with E-state index in [9.17, 15) is 57.5 Å². The minimum absolute atomic E-state index is 0.0101. The third-order valence-electron chi connectivity index (χ3n) is 14.3. The number of carbonyl (C=O) groups excluding carboxylic acids is 12. The van der Waals surface area contributed by atoms with Crippen LogP contribution in [0.15, 0.2) is 46.0 Å². The van der Waals surface area contributed by atoms with Gasteiger partial charge in [0.05, 0.1) is 50.8 Å². The third kappa shape index (κ3) is 28.5. The van der Waals surface area contributed by atoms with E-state index in [-0.39, 0.29) is 52.1 Å². The van der Waals surface area contributed by atoms with Crippen molar-refractivity contribution in [3.05, 3.63) is 47.5 Å². The lowest BCUT2D eigenvalue weighted by molar-refractivity contribution is -0.158. The van der Waals surface area contributed by atoms with E-state index in [1.165, 1.54) is 35.4 Å². The van der Waals surface area contributed by atoms with Gasteiger partial charge in [-0.05, 0) is 109 Å². The molecule has 580 valence electrons. The van der Waals surface area contributed by atoms with Crippen molar-refractivity contribution >= 4 is 83.9 Å². The highest BCUT2D eigenvalue weighted by Gasteiger charge is 2.51. The number of hydrogen-bond acceptors (Lipinski definition) is 33. The number of aromatic nitrogens is 6. The number of carbonyl (C=O) groups is 12. The number of nitrogens with zero attached hydrogens (tertiary/aromatic N) is 8. The van der Waals surface area contributed by atoms with Gasteiger partial charge in [-0.3, -0.25) is 40.2 Å². The number of Topliss-reactive ketones (excluding diaryl/α,β-unsaturated/α-hetero) is 2. The summed E-state index contributed by atoms with van der Waals surface area (Å²) in [6.45, 7) is 20.3. The molecule has 0 bridgehead atoms. The zero-order chi connectivity index (χ0) is 77.7. The second-order valence-electron chi connectivity index (χ2n) is 28.0. The maximum absolute atomic E-state index is 13.5. The number of methoxy groups -OCH3 is 2. The van der Waals surface area contributed by atoms with Crippen molar-refractivity contribution in [1.29, 1.82) is 0 Å². The first-order chi connectivity index (χ1) is 49.1. The van der Waals surface area contributed by atoms with Crippen LogP contribution in [0.2, 0.25) is 0 Å². The highest BCUT2D eigenvalue weighted by molar-refractivity contribution is 6.02. The first-order valence-corrected chi connectivity index (χ1v) is 33.1.